The highest BCUT2D eigenvalue weighted by Gasteiger charge is 2.24. The second kappa shape index (κ2) is 9.34. The third-order valence-electron chi connectivity index (χ3n) is 4.70. The number of nitrogens with one attached hydrogen (secondary N) is 1. The minimum atomic E-state index is -0.284. The molecule has 1 saturated heterocycles. The summed E-state index contributed by atoms with van der Waals surface area (Å²) >= 11 is 0. The van der Waals surface area contributed by atoms with Crippen LogP contribution in [-0.2, 0) is 16.0 Å². The molecule has 3 rings (SSSR count). The van der Waals surface area contributed by atoms with Gasteiger partial charge in [-0.05, 0) is 32.8 Å². The number of hydrogen-bond donors (Lipinski definition) is 1. The van der Waals surface area contributed by atoms with Crippen molar-refractivity contribution in [2.75, 3.05) is 19.7 Å². The molecule has 8 heteroatoms. The largest absolute Gasteiger partial charge is 0.450 e. The average molecular weight is 386 g/mol. The summed E-state index contributed by atoms with van der Waals surface area (Å²) < 4.78 is 10.3. The molecule has 2 aromatic rings. The van der Waals surface area contributed by atoms with Crippen molar-refractivity contribution in [3.8, 4) is 11.4 Å². The Hall–Kier alpha value is -2.90. The zero-order chi connectivity index (χ0) is 19.9. The minimum Gasteiger partial charge on any atom is -0.450 e. The van der Waals surface area contributed by atoms with E-state index in [2.05, 4.69) is 15.5 Å². The Morgan fingerprint density at radius 1 is 1.32 bits per heavy atom. The number of aryl methyl sites for hydroxylation is 2. The Balaban J connectivity index is 1.42. The van der Waals surface area contributed by atoms with Crippen LogP contribution < -0.4 is 5.32 Å². The monoisotopic (exact) mass is 386 g/mol. The molecule has 0 atom stereocenters. The van der Waals surface area contributed by atoms with E-state index in [9.17, 15) is 9.59 Å². The first-order chi connectivity index (χ1) is 13.5. The fourth-order valence-corrected chi connectivity index (χ4v) is 3.20. The zero-order valence-corrected chi connectivity index (χ0v) is 16.3. The van der Waals surface area contributed by atoms with Crippen molar-refractivity contribution in [2.45, 2.75) is 45.6 Å². The summed E-state index contributed by atoms with van der Waals surface area (Å²) in [5, 5.41) is 7.01. The van der Waals surface area contributed by atoms with Crippen LogP contribution in [0.1, 0.15) is 37.6 Å². The second-order valence-corrected chi connectivity index (χ2v) is 6.91. The predicted octanol–water partition coefficient (Wildman–Crippen LogP) is 2.71. The Bertz CT molecular complexity index is 812. The van der Waals surface area contributed by atoms with Gasteiger partial charge in [-0.25, -0.2) is 4.79 Å². The minimum absolute atomic E-state index is 0.0510. The highest BCUT2D eigenvalue weighted by Crippen LogP contribution is 2.17. The van der Waals surface area contributed by atoms with Gasteiger partial charge in [0.1, 0.15) is 0 Å². The standard InChI is InChI=1S/C20H26N4O4/c1-3-27-20(26)24-11-9-16(10-12-24)21-17(25)7-8-18-22-19(23-28-18)15-6-4-5-14(2)13-15/h4-6,13,16H,3,7-12H2,1-2H3,(H,21,25). The summed E-state index contributed by atoms with van der Waals surface area (Å²) in [5.74, 6) is 0.930. The molecule has 150 valence electrons. The molecule has 1 aromatic heterocycles. The van der Waals surface area contributed by atoms with E-state index in [1.807, 2.05) is 31.2 Å². The lowest BCUT2D eigenvalue weighted by atomic mass is 10.1. The number of rotatable bonds is 6. The van der Waals surface area contributed by atoms with Gasteiger partial charge in [-0.1, -0.05) is 28.9 Å². The highest BCUT2D eigenvalue weighted by atomic mass is 16.6. The quantitative estimate of drug-likeness (QED) is 0.820. The van der Waals surface area contributed by atoms with Crippen molar-refractivity contribution >= 4 is 12.0 Å². The maximum Gasteiger partial charge on any atom is 0.409 e. The van der Waals surface area contributed by atoms with Crippen LogP contribution in [0.5, 0.6) is 0 Å². The molecule has 1 aliphatic heterocycles. The molecule has 2 amide bonds. The van der Waals surface area contributed by atoms with Gasteiger partial charge < -0.3 is 19.5 Å². The third kappa shape index (κ3) is 5.31. The van der Waals surface area contributed by atoms with Gasteiger partial charge in [-0.3, -0.25) is 4.79 Å². The maximum atomic E-state index is 12.2. The fraction of sp³-hybridized carbons (Fsp3) is 0.500. The van der Waals surface area contributed by atoms with Gasteiger partial charge in [0, 0.05) is 37.5 Å². The summed E-state index contributed by atoms with van der Waals surface area (Å²) in [6.45, 7) is 5.35. The van der Waals surface area contributed by atoms with Crippen molar-refractivity contribution < 1.29 is 18.8 Å². The smallest absolute Gasteiger partial charge is 0.409 e. The molecule has 28 heavy (non-hydrogen) atoms. The van der Waals surface area contributed by atoms with Crippen molar-refractivity contribution in [3.05, 3.63) is 35.7 Å². The molecule has 1 N–H and O–H groups in total. The van der Waals surface area contributed by atoms with Crippen molar-refractivity contribution in [2.24, 2.45) is 0 Å². The molecule has 8 nitrogen and oxygen atoms in total. The summed E-state index contributed by atoms with van der Waals surface area (Å²) in [6.07, 6.45) is 1.85. The lowest BCUT2D eigenvalue weighted by Gasteiger charge is -2.31. The topological polar surface area (TPSA) is 97.6 Å². The van der Waals surface area contributed by atoms with E-state index in [0.717, 1.165) is 24.0 Å². The van der Waals surface area contributed by atoms with E-state index in [1.54, 1.807) is 11.8 Å². The van der Waals surface area contributed by atoms with Crippen LogP contribution in [0, 0.1) is 6.92 Å². The van der Waals surface area contributed by atoms with Gasteiger partial charge in [0.15, 0.2) is 0 Å². The molecule has 0 bridgehead atoms. The number of piperidine rings is 1. The van der Waals surface area contributed by atoms with E-state index in [0.29, 0.717) is 37.8 Å². The molecule has 0 radical (unpaired) electrons. The normalized spacial score (nSPS) is 14.7. The van der Waals surface area contributed by atoms with E-state index >= 15 is 0 Å². The molecule has 0 saturated carbocycles. The van der Waals surface area contributed by atoms with Gasteiger partial charge in [-0.2, -0.15) is 4.98 Å². The van der Waals surface area contributed by atoms with Crippen LogP contribution in [-0.4, -0.2) is 52.8 Å². The molecule has 0 aliphatic carbocycles. The van der Waals surface area contributed by atoms with Gasteiger partial charge in [0.05, 0.1) is 6.61 Å². The van der Waals surface area contributed by atoms with E-state index in [4.69, 9.17) is 9.26 Å². The Morgan fingerprint density at radius 2 is 2.11 bits per heavy atom. The number of carbonyl (C=O) groups excluding carboxylic acids is 2. The molecule has 1 aliphatic rings. The van der Waals surface area contributed by atoms with E-state index in [-0.39, 0.29) is 24.5 Å². The molecular formula is C20H26N4O4. The number of amides is 2. The third-order valence-corrected chi connectivity index (χ3v) is 4.70. The predicted molar refractivity (Wildman–Crippen MR) is 103 cm³/mol. The van der Waals surface area contributed by atoms with Gasteiger partial charge in [0.2, 0.25) is 17.6 Å². The van der Waals surface area contributed by atoms with Crippen LogP contribution in [0.2, 0.25) is 0 Å². The second-order valence-electron chi connectivity index (χ2n) is 6.91. The number of ether oxygens (including phenoxy) is 1. The molecule has 1 fully saturated rings. The number of hydrogen-bond acceptors (Lipinski definition) is 6. The van der Waals surface area contributed by atoms with Crippen LogP contribution >= 0.6 is 0 Å². The van der Waals surface area contributed by atoms with E-state index < -0.39 is 0 Å². The number of likely N-dealkylation sites (tertiary alicyclic amines) is 1. The Kier molecular flexibility index (Phi) is 6.62. The van der Waals surface area contributed by atoms with Crippen LogP contribution in [0.15, 0.2) is 28.8 Å². The summed E-state index contributed by atoms with van der Waals surface area (Å²) in [4.78, 5) is 30.0. The first kappa shape index (κ1) is 19.9. The van der Waals surface area contributed by atoms with Crippen LogP contribution in [0.25, 0.3) is 11.4 Å². The molecular weight excluding hydrogens is 360 g/mol. The van der Waals surface area contributed by atoms with Crippen molar-refractivity contribution in [1.82, 2.24) is 20.4 Å². The fourth-order valence-electron chi connectivity index (χ4n) is 3.20. The molecule has 1 aromatic carbocycles. The van der Waals surface area contributed by atoms with Gasteiger partial charge in [0.25, 0.3) is 0 Å². The lowest BCUT2D eigenvalue weighted by Crippen LogP contribution is -2.46. The summed E-state index contributed by atoms with van der Waals surface area (Å²) in [7, 11) is 0. The average Bonchev–Trinajstić information content (AvgIpc) is 3.16. The molecule has 0 spiro atoms. The molecule has 0 unspecified atom stereocenters. The summed E-state index contributed by atoms with van der Waals surface area (Å²) in [5.41, 5.74) is 2.02. The van der Waals surface area contributed by atoms with Gasteiger partial charge in [-0.15, -0.1) is 0 Å². The van der Waals surface area contributed by atoms with Gasteiger partial charge >= 0.3 is 6.09 Å². The Morgan fingerprint density at radius 3 is 2.82 bits per heavy atom. The zero-order valence-electron chi connectivity index (χ0n) is 16.3. The summed E-state index contributed by atoms with van der Waals surface area (Å²) in [6, 6.07) is 7.94. The van der Waals surface area contributed by atoms with Crippen LogP contribution in [0.4, 0.5) is 4.79 Å². The number of carbonyl (C=O) groups is 2. The Labute approximate surface area is 164 Å². The number of benzene rings is 1. The highest BCUT2D eigenvalue weighted by molar-refractivity contribution is 5.76. The van der Waals surface area contributed by atoms with Crippen molar-refractivity contribution in [3.63, 3.8) is 0 Å². The lowest BCUT2D eigenvalue weighted by molar-refractivity contribution is -0.122. The van der Waals surface area contributed by atoms with E-state index in [1.165, 1.54) is 0 Å². The number of nitrogens with zero attached hydrogens (tertiary/aromatic N) is 3. The first-order valence-corrected chi connectivity index (χ1v) is 9.66. The van der Waals surface area contributed by atoms with Crippen molar-refractivity contribution in [1.29, 1.82) is 0 Å². The first-order valence-electron chi connectivity index (χ1n) is 9.66. The maximum absolute atomic E-state index is 12.2. The molecule has 2 heterocycles. The SMILES string of the molecule is CCOC(=O)N1CCC(NC(=O)CCc2nc(-c3cccc(C)c3)no2)CC1. The van der Waals surface area contributed by atoms with Crippen LogP contribution in [0.3, 0.4) is 0 Å². The number of aromatic nitrogens is 2.